The third-order valence-corrected chi connectivity index (χ3v) is 2.38. The van der Waals surface area contributed by atoms with Crippen LogP contribution in [0.3, 0.4) is 0 Å². The first-order chi connectivity index (χ1) is 7.85. The molecular weight excluding hydrogens is 198 g/mol. The molecule has 0 fully saturated rings. The number of hydrogen-bond acceptors (Lipinski definition) is 3. The fraction of sp³-hybridized carbons (Fsp3) is 0.154. The summed E-state index contributed by atoms with van der Waals surface area (Å²) in [4.78, 5) is 8.57. The number of nitrogens with zero attached hydrogens (tertiary/aromatic N) is 3. The molecule has 2 aromatic heterocycles. The molecule has 0 aliphatic carbocycles. The van der Waals surface area contributed by atoms with Crippen molar-refractivity contribution in [2.45, 2.75) is 13.3 Å². The molecule has 0 saturated heterocycles. The summed E-state index contributed by atoms with van der Waals surface area (Å²) in [6, 6.07) is 9.70. The third kappa shape index (κ3) is 1.91. The molecule has 3 nitrogen and oxygen atoms in total. The molecule has 0 atom stereocenters. The van der Waals surface area contributed by atoms with Crippen LogP contribution >= 0.6 is 0 Å². The lowest BCUT2D eigenvalue weighted by Gasteiger charge is -2.05. The van der Waals surface area contributed by atoms with E-state index in [4.69, 9.17) is 5.26 Å². The lowest BCUT2D eigenvalue weighted by atomic mass is 10.1. The first-order valence-electron chi connectivity index (χ1n) is 5.15. The van der Waals surface area contributed by atoms with Gasteiger partial charge in [-0.05, 0) is 30.2 Å². The molecule has 78 valence electrons. The Morgan fingerprint density at radius 2 is 2.19 bits per heavy atom. The van der Waals surface area contributed by atoms with E-state index in [0.29, 0.717) is 5.56 Å². The van der Waals surface area contributed by atoms with Gasteiger partial charge in [0.15, 0.2) is 0 Å². The Kier molecular flexibility index (Phi) is 2.93. The van der Waals surface area contributed by atoms with Crippen LogP contribution in [0, 0.1) is 11.3 Å². The van der Waals surface area contributed by atoms with E-state index in [1.807, 2.05) is 31.2 Å². The molecule has 0 radical (unpaired) electrons. The van der Waals surface area contributed by atoms with Crippen molar-refractivity contribution in [3.8, 4) is 17.5 Å². The average Bonchev–Trinajstić information content (AvgIpc) is 2.39. The maximum absolute atomic E-state index is 8.81. The van der Waals surface area contributed by atoms with Crippen LogP contribution in [-0.2, 0) is 6.42 Å². The Bertz CT molecular complexity index is 527. The largest absolute Gasteiger partial charge is 0.255 e. The molecule has 0 unspecified atom stereocenters. The van der Waals surface area contributed by atoms with Gasteiger partial charge in [-0.3, -0.25) is 9.97 Å². The quantitative estimate of drug-likeness (QED) is 0.763. The van der Waals surface area contributed by atoms with Crippen LogP contribution in [0.25, 0.3) is 11.4 Å². The van der Waals surface area contributed by atoms with Crippen molar-refractivity contribution >= 4 is 0 Å². The van der Waals surface area contributed by atoms with Gasteiger partial charge in [0.25, 0.3) is 0 Å². The fourth-order valence-electron chi connectivity index (χ4n) is 1.57. The van der Waals surface area contributed by atoms with E-state index in [-0.39, 0.29) is 0 Å². The smallest absolute Gasteiger partial charge is 0.101 e. The molecule has 16 heavy (non-hydrogen) atoms. The average molecular weight is 209 g/mol. The van der Waals surface area contributed by atoms with Crippen molar-refractivity contribution in [3.05, 3.63) is 47.8 Å². The van der Waals surface area contributed by atoms with Crippen LogP contribution in [-0.4, -0.2) is 9.97 Å². The zero-order valence-corrected chi connectivity index (χ0v) is 9.01. The van der Waals surface area contributed by atoms with Gasteiger partial charge in [0.1, 0.15) is 6.07 Å². The minimum atomic E-state index is 0.594. The van der Waals surface area contributed by atoms with Gasteiger partial charge in [-0.1, -0.05) is 13.0 Å². The molecule has 0 aromatic carbocycles. The lowest BCUT2D eigenvalue weighted by molar-refractivity contribution is 1.09. The second-order valence-corrected chi connectivity index (χ2v) is 3.41. The summed E-state index contributed by atoms with van der Waals surface area (Å²) in [5.74, 6) is 0. The summed E-state index contributed by atoms with van der Waals surface area (Å²) in [6.07, 6.45) is 4.17. The van der Waals surface area contributed by atoms with E-state index in [1.165, 1.54) is 0 Å². The molecular formula is C13H11N3. The van der Waals surface area contributed by atoms with Crippen molar-refractivity contribution in [1.82, 2.24) is 9.97 Å². The molecule has 3 heteroatoms. The molecule has 0 amide bonds. The Morgan fingerprint density at radius 1 is 1.31 bits per heavy atom. The van der Waals surface area contributed by atoms with Crippen LogP contribution in [0.1, 0.15) is 18.1 Å². The highest BCUT2D eigenvalue weighted by molar-refractivity contribution is 5.59. The highest BCUT2D eigenvalue weighted by Crippen LogP contribution is 2.20. The van der Waals surface area contributed by atoms with Crippen molar-refractivity contribution in [1.29, 1.82) is 5.26 Å². The third-order valence-electron chi connectivity index (χ3n) is 2.38. The van der Waals surface area contributed by atoms with E-state index in [1.54, 1.807) is 12.4 Å². The minimum Gasteiger partial charge on any atom is -0.255 e. The van der Waals surface area contributed by atoms with Crippen LogP contribution in [0.5, 0.6) is 0 Å². The molecule has 0 saturated carbocycles. The van der Waals surface area contributed by atoms with Crippen molar-refractivity contribution in [2.75, 3.05) is 0 Å². The summed E-state index contributed by atoms with van der Waals surface area (Å²) in [5.41, 5.74) is 3.36. The molecule has 0 bridgehead atoms. The topological polar surface area (TPSA) is 49.6 Å². The van der Waals surface area contributed by atoms with E-state index in [0.717, 1.165) is 23.4 Å². The fourth-order valence-corrected chi connectivity index (χ4v) is 1.57. The summed E-state index contributed by atoms with van der Waals surface area (Å²) in [7, 11) is 0. The maximum Gasteiger partial charge on any atom is 0.101 e. The van der Waals surface area contributed by atoms with E-state index < -0.39 is 0 Å². The van der Waals surface area contributed by atoms with Gasteiger partial charge in [-0.15, -0.1) is 0 Å². The Morgan fingerprint density at radius 3 is 2.81 bits per heavy atom. The minimum absolute atomic E-state index is 0.594. The number of pyridine rings is 2. The van der Waals surface area contributed by atoms with E-state index in [2.05, 4.69) is 16.0 Å². The standard InChI is InChI=1S/C13H11N3/c1-2-11-7-10(8-14)9-16-13(11)12-5-3-4-6-15-12/h3-7,9H,2H2,1H3. The van der Waals surface area contributed by atoms with Crippen LogP contribution in [0.2, 0.25) is 0 Å². The number of aromatic nitrogens is 2. The van der Waals surface area contributed by atoms with Crippen molar-refractivity contribution in [3.63, 3.8) is 0 Å². The summed E-state index contributed by atoms with van der Waals surface area (Å²) in [5, 5.41) is 8.81. The molecule has 2 aromatic rings. The Balaban J connectivity index is 2.54. The second kappa shape index (κ2) is 4.54. The van der Waals surface area contributed by atoms with Crippen LogP contribution < -0.4 is 0 Å². The summed E-state index contributed by atoms with van der Waals surface area (Å²) >= 11 is 0. The molecule has 0 N–H and O–H groups in total. The van der Waals surface area contributed by atoms with E-state index in [9.17, 15) is 0 Å². The van der Waals surface area contributed by atoms with Gasteiger partial charge >= 0.3 is 0 Å². The molecule has 2 heterocycles. The van der Waals surface area contributed by atoms with Gasteiger partial charge in [-0.25, -0.2) is 0 Å². The monoisotopic (exact) mass is 209 g/mol. The molecule has 0 spiro atoms. The SMILES string of the molecule is CCc1cc(C#N)cnc1-c1ccccn1. The highest BCUT2D eigenvalue weighted by atomic mass is 14.8. The first kappa shape index (κ1) is 10.3. The number of nitriles is 1. The number of hydrogen-bond donors (Lipinski definition) is 0. The number of rotatable bonds is 2. The predicted octanol–water partition coefficient (Wildman–Crippen LogP) is 2.58. The van der Waals surface area contributed by atoms with Gasteiger partial charge in [-0.2, -0.15) is 5.26 Å². The predicted molar refractivity (Wildman–Crippen MR) is 61.6 cm³/mol. The molecule has 0 aliphatic rings. The second-order valence-electron chi connectivity index (χ2n) is 3.41. The Hall–Kier alpha value is -2.21. The van der Waals surface area contributed by atoms with Crippen LogP contribution in [0.15, 0.2) is 36.7 Å². The van der Waals surface area contributed by atoms with Crippen molar-refractivity contribution < 1.29 is 0 Å². The maximum atomic E-state index is 8.81. The van der Waals surface area contributed by atoms with Gasteiger partial charge in [0, 0.05) is 12.4 Å². The Labute approximate surface area is 94.4 Å². The number of aryl methyl sites for hydroxylation is 1. The molecule has 0 aliphatic heterocycles. The highest BCUT2D eigenvalue weighted by Gasteiger charge is 2.07. The molecule has 2 rings (SSSR count). The summed E-state index contributed by atoms with van der Waals surface area (Å²) < 4.78 is 0. The first-order valence-corrected chi connectivity index (χ1v) is 5.15. The lowest BCUT2D eigenvalue weighted by Crippen LogP contribution is -1.94. The van der Waals surface area contributed by atoms with E-state index >= 15 is 0 Å². The van der Waals surface area contributed by atoms with Gasteiger partial charge in [0.05, 0.1) is 17.0 Å². The zero-order valence-electron chi connectivity index (χ0n) is 9.01. The van der Waals surface area contributed by atoms with Gasteiger partial charge < -0.3 is 0 Å². The zero-order chi connectivity index (χ0) is 11.4. The normalized spacial score (nSPS) is 9.75. The van der Waals surface area contributed by atoms with Gasteiger partial charge in [0.2, 0.25) is 0 Å². The summed E-state index contributed by atoms with van der Waals surface area (Å²) in [6.45, 7) is 2.05. The van der Waals surface area contributed by atoms with Crippen molar-refractivity contribution in [2.24, 2.45) is 0 Å². The van der Waals surface area contributed by atoms with Crippen LogP contribution in [0.4, 0.5) is 0 Å².